The second kappa shape index (κ2) is 11.6. The highest BCUT2D eigenvalue weighted by Crippen LogP contribution is 2.31. The highest BCUT2D eigenvalue weighted by atomic mass is 35.5. The van der Waals surface area contributed by atoms with Crippen molar-refractivity contribution in [2.45, 2.75) is 52.1 Å². The van der Waals surface area contributed by atoms with Crippen LogP contribution in [0.25, 0.3) is 17.6 Å². The van der Waals surface area contributed by atoms with Gasteiger partial charge in [-0.1, -0.05) is 23.8 Å². The minimum atomic E-state index is -2.99. The Morgan fingerprint density at radius 3 is 2.67 bits per heavy atom. The third kappa shape index (κ3) is 5.89. The molecule has 224 valence electrons. The molecule has 0 fully saturated rings. The maximum Gasteiger partial charge on any atom is 0.278 e. The van der Waals surface area contributed by atoms with Gasteiger partial charge in [0.05, 0.1) is 26.4 Å². The summed E-state index contributed by atoms with van der Waals surface area (Å²) in [4.78, 5) is 33.0. The number of halogens is 5. The number of aromatic nitrogens is 5. The standard InChI is InChI=1S/C29H25ClF4N6O3/c1-15(41)37-29(2,3)26-20(33)13-39(38-26)27-24(34)25-16(11-36-27)7-5-4-6-8-18-10-22(23(30)28(42)40(18)25)43-14-21-19(32)9-17(31)12-35-21/h5,7,9-13H,4,6,8,14H2,1-3H3,(H,37,41)/b7-5+/i14D2. The van der Waals surface area contributed by atoms with Crippen LogP contribution in [-0.4, -0.2) is 30.2 Å². The van der Waals surface area contributed by atoms with E-state index >= 15 is 8.78 Å². The Balaban J connectivity index is 1.66. The lowest BCUT2D eigenvalue weighted by Crippen LogP contribution is -2.40. The molecule has 0 atom stereocenters. The van der Waals surface area contributed by atoms with E-state index in [0.717, 1.165) is 15.4 Å². The first kappa shape index (κ1) is 27.3. The minimum Gasteiger partial charge on any atom is -0.485 e. The molecule has 0 aromatic carbocycles. The second-order valence-corrected chi connectivity index (χ2v) is 10.6. The molecule has 43 heavy (non-hydrogen) atoms. The van der Waals surface area contributed by atoms with Gasteiger partial charge in [-0.05, 0) is 33.1 Å². The molecule has 5 heterocycles. The van der Waals surface area contributed by atoms with Gasteiger partial charge in [-0.15, -0.1) is 0 Å². The SMILES string of the molecule is [2H]C([2H])(Oc1cc2n(c(=O)c1Cl)-c1c(cnc(-n3cc(F)c(C(C)(C)NC(C)=O)n3)c1F)/C=C/CCC2)c1ncc(F)cc1F. The average Bonchev–Trinajstić information content (AvgIpc) is 3.36. The summed E-state index contributed by atoms with van der Waals surface area (Å²) < 4.78 is 82.8. The van der Waals surface area contributed by atoms with Gasteiger partial charge in [0.2, 0.25) is 5.91 Å². The van der Waals surface area contributed by atoms with Crippen LogP contribution in [0.5, 0.6) is 5.75 Å². The van der Waals surface area contributed by atoms with Gasteiger partial charge in [0.25, 0.3) is 5.56 Å². The topological polar surface area (TPSA) is 104 Å². The van der Waals surface area contributed by atoms with Crippen LogP contribution >= 0.6 is 11.6 Å². The molecule has 0 unspecified atom stereocenters. The molecule has 1 N–H and O–H groups in total. The summed E-state index contributed by atoms with van der Waals surface area (Å²) >= 11 is 6.36. The number of aryl methyl sites for hydroxylation is 1. The first-order valence-electron chi connectivity index (χ1n) is 14.0. The predicted molar refractivity (Wildman–Crippen MR) is 149 cm³/mol. The molecule has 0 bridgehead atoms. The van der Waals surface area contributed by atoms with E-state index in [1.165, 1.54) is 33.0 Å². The lowest BCUT2D eigenvalue weighted by molar-refractivity contribution is -0.120. The van der Waals surface area contributed by atoms with Crippen molar-refractivity contribution in [3.63, 3.8) is 0 Å². The van der Waals surface area contributed by atoms with E-state index in [-0.39, 0.29) is 29.1 Å². The Kier molecular flexibility index (Phi) is 7.39. The Morgan fingerprint density at radius 2 is 1.95 bits per heavy atom. The largest absolute Gasteiger partial charge is 0.485 e. The number of carbonyl (C=O) groups is 1. The van der Waals surface area contributed by atoms with Gasteiger partial charge in [-0.2, -0.15) is 5.10 Å². The fourth-order valence-corrected chi connectivity index (χ4v) is 4.87. The molecule has 9 nitrogen and oxygen atoms in total. The normalized spacial score (nSPS) is 14.8. The number of hydrogen-bond acceptors (Lipinski definition) is 6. The monoisotopic (exact) mass is 618 g/mol. The van der Waals surface area contributed by atoms with Gasteiger partial charge in [-0.25, -0.2) is 27.2 Å². The molecule has 1 aliphatic heterocycles. The van der Waals surface area contributed by atoms with Crippen LogP contribution in [0.4, 0.5) is 17.6 Å². The summed E-state index contributed by atoms with van der Waals surface area (Å²) in [6.45, 7) is 1.30. The maximum atomic E-state index is 16.5. The molecule has 4 aromatic rings. The van der Waals surface area contributed by atoms with Gasteiger partial charge in [-0.3, -0.25) is 19.1 Å². The number of nitrogens with zero attached hydrogens (tertiary/aromatic N) is 5. The molecule has 5 rings (SSSR count). The van der Waals surface area contributed by atoms with E-state index in [1.54, 1.807) is 12.2 Å². The highest BCUT2D eigenvalue weighted by molar-refractivity contribution is 6.31. The van der Waals surface area contributed by atoms with Crippen molar-refractivity contribution in [1.82, 2.24) is 29.6 Å². The quantitative estimate of drug-likeness (QED) is 0.293. The minimum absolute atomic E-state index is 0.155. The van der Waals surface area contributed by atoms with Gasteiger partial charge >= 0.3 is 0 Å². The van der Waals surface area contributed by atoms with Gasteiger partial charge in [0, 0.05) is 36.5 Å². The lowest BCUT2D eigenvalue weighted by Gasteiger charge is -2.23. The zero-order valence-electron chi connectivity index (χ0n) is 25.0. The molecule has 1 aliphatic rings. The van der Waals surface area contributed by atoms with Crippen LogP contribution in [-0.2, 0) is 23.3 Å². The smallest absolute Gasteiger partial charge is 0.278 e. The third-order valence-electron chi connectivity index (χ3n) is 6.55. The second-order valence-electron chi connectivity index (χ2n) is 10.2. The van der Waals surface area contributed by atoms with Crippen LogP contribution in [0.15, 0.2) is 41.6 Å². The number of amides is 1. The van der Waals surface area contributed by atoms with Crippen molar-refractivity contribution < 1.29 is 29.8 Å². The number of nitrogens with one attached hydrogen (secondary N) is 1. The molecule has 0 saturated carbocycles. The zero-order valence-corrected chi connectivity index (χ0v) is 23.8. The van der Waals surface area contributed by atoms with Gasteiger partial charge in [0.1, 0.15) is 34.5 Å². The fourth-order valence-electron chi connectivity index (χ4n) is 4.70. The number of ether oxygens (including phenoxy) is 1. The average molecular weight is 619 g/mol. The third-order valence-corrected chi connectivity index (χ3v) is 6.90. The van der Waals surface area contributed by atoms with E-state index in [1.807, 2.05) is 0 Å². The van der Waals surface area contributed by atoms with E-state index in [9.17, 15) is 18.4 Å². The summed E-state index contributed by atoms with van der Waals surface area (Å²) in [7, 11) is 0. The number of carbonyl (C=O) groups excluding carboxylic acids is 1. The van der Waals surface area contributed by atoms with E-state index in [0.29, 0.717) is 25.1 Å². The highest BCUT2D eigenvalue weighted by Gasteiger charge is 2.31. The summed E-state index contributed by atoms with van der Waals surface area (Å²) in [6.07, 6.45) is 7.22. The van der Waals surface area contributed by atoms with Crippen molar-refractivity contribution in [1.29, 1.82) is 0 Å². The molecular formula is C29H25ClF4N6O3. The number of fused-ring (bicyclic) bond motifs is 3. The summed E-state index contributed by atoms with van der Waals surface area (Å²) in [6, 6.07) is 1.65. The Bertz CT molecular complexity index is 1930. The van der Waals surface area contributed by atoms with Gasteiger partial charge in [0.15, 0.2) is 23.3 Å². The first-order chi connectivity index (χ1) is 21.1. The van der Waals surface area contributed by atoms with Crippen LogP contribution in [0, 0.1) is 23.3 Å². The number of rotatable bonds is 6. The number of allylic oxidation sites excluding steroid dienone is 1. The van der Waals surface area contributed by atoms with E-state index in [4.69, 9.17) is 19.1 Å². The van der Waals surface area contributed by atoms with Crippen LogP contribution in [0.2, 0.25) is 5.02 Å². The Hall–Kier alpha value is -4.52. The molecule has 0 aliphatic carbocycles. The van der Waals surface area contributed by atoms with Gasteiger partial charge < -0.3 is 10.1 Å². The molecule has 4 aromatic heterocycles. The molecule has 0 saturated heterocycles. The molecule has 14 heteroatoms. The molecule has 0 spiro atoms. The first-order valence-corrected chi connectivity index (χ1v) is 13.3. The lowest BCUT2D eigenvalue weighted by atomic mass is 10.0. The predicted octanol–water partition coefficient (Wildman–Crippen LogP) is 5.32. The van der Waals surface area contributed by atoms with Crippen molar-refractivity contribution in [3.8, 4) is 17.3 Å². The maximum absolute atomic E-state index is 16.5. The van der Waals surface area contributed by atoms with Crippen molar-refractivity contribution in [3.05, 3.63) is 98.1 Å². The van der Waals surface area contributed by atoms with Crippen molar-refractivity contribution >= 4 is 23.6 Å². The summed E-state index contributed by atoms with van der Waals surface area (Å²) in [5.41, 5.74) is -3.29. The molecule has 0 radical (unpaired) electrons. The van der Waals surface area contributed by atoms with E-state index < -0.39 is 69.1 Å². The number of pyridine rings is 3. The Labute approximate surface area is 250 Å². The van der Waals surface area contributed by atoms with Crippen LogP contribution < -0.4 is 15.6 Å². The van der Waals surface area contributed by atoms with E-state index in [2.05, 4.69) is 20.4 Å². The summed E-state index contributed by atoms with van der Waals surface area (Å²) in [5.74, 6) is -5.65. The van der Waals surface area contributed by atoms with Crippen molar-refractivity contribution in [2.75, 3.05) is 0 Å². The molecule has 1 amide bonds. The summed E-state index contributed by atoms with van der Waals surface area (Å²) in [5, 5.41) is 6.05. The van der Waals surface area contributed by atoms with Crippen LogP contribution in [0.1, 0.15) is 59.0 Å². The van der Waals surface area contributed by atoms with Crippen LogP contribution in [0.3, 0.4) is 0 Å². The molecular weight excluding hydrogens is 592 g/mol. The zero-order chi connectivity index (χ0) is 32.8. The number of hydrogen-bond donors (Lipinski definition) is 1. The fraction of sp³-hybridized carbons (Fsp3) is 0.276. The van der Waals surface area contributed by atoms with Crippen molar-refractivity contribution in [2.24, 2.45) is 0 Å². The Morgan fingerprint density at radius 1 is 1.19 bits per heavy atom.